The predicted octanol–water partition coefficient (Wildman–Crippen LogP) is 2.56. The Balaban J connectivity index is 2.04. The first kappa shape index (κ1) is 10.8. The molecule has 2 N–H and O–H groups in total. The molecule has 0 saturated heterocycles. The Bertz CT molecular complexity index is 650. The SMILES string of the molecule is Cc1ccc(O)c2nc(Cc3cccnc3)[nH]c12. The number of fused-ring (bicyclic) bond motifs is 1. The van der Waals surface area contributed by atoms with E-state index in [-0.39, 0.29) is 5.75 Å². The smallest absolute Gasteiger partial charge is 0.143 e. The first-order chi connectivity index (χ1) is 8.74. The number of aromatic nitrogens is 3. The molecule has 0 aliphatic heterocycles. The summed E-state index contributed by atoms with van der Waals surface area (Å²) < 4.78 is 0. The quantitative estimate of drug-likeness (QED) is 0.722. The van der Waals surface area contributed by atoms with Crippen LogP contribution < -0.4 is 0 Å². The number of benzene rings is 1. The van der Waals surface area contributed by atoms with Gasteiger partial charge in [0.15, 0.2) is 0 Å². The molecule has 0 radical (unpaired) electrons. The number of nitrogens with zero attached hydrogens (tertiary/aromatic N) is 2. The van der Waals surface area contributed by atoms with Crippen molar-refractivity contribution in [2.75, 3.05) is 0 Å². The molecule has 0 bridgehead atoms. The van der Waals surface area contributed by atoms with E-state index in [1.165, 1.54) is 0 Å². The molecule has 0 unspecified atom stereocenters. The summed E-state index contributed by atoms with van der Waals surface area (Å²) in [5, 5.41) is 9.78. The Labute approximate surface area is 104 Å². The van der Waals surface area contributed by atoms with Crippen LogP contribution in [-0.2, 0) is 6.42 Å². The molecule has 0 aliphatic carbocycles. The normalized spacial score (nSPS) is 10.9. The molecule has 0 aliphatic rings. The third kappa shape index (κ3) is 1.82. The Morgan fingerprint density at radius 3 is 2.89 bits per heavy atom. The van der Waals surface area contributed by atoms with Crippen LogP contribution in [0.5, 0.6) is 5.75 Å². The number of hydrogen-bond donors (Lipinski definition) is 2. The topological polar surface area (TPSA) is 61.8 Å². The van der Waals surface area contributed by atoms with Gasteiger partial charge in [0.1, 0.15) is 17.1 Å². The van der Waals surface area contributed by atoms with Gasteiger partial charge in [-0.15, -0.1) is 0 Å². The Kier molecular flexibility index (Phi) is 2.48. The van der Waals surface area contributed by atoms with Gasteiger partial charge in [-0.2, -0.15) is 0 Å². The highest BCUT2D eigenvalue weighted by Crippen LogP contribution is 2.25. The zero-order valence-corrected chi connectivity index (χ0v) is 10.0. The molecule has 0 amide bonds. The number of imidazole rings is 1. The highest BCUT2D eigenvalue weighted by molar-refractivity contribution is 5.84. The zero-order chi connectivity index (χ0) is 12.5. The average molecular weight is 239 g/mol. The monoisotopic (exact) mass is 239 g/mol. The van der Waals surface area contributed by atoms with Crippen molar-refractivity contribution in [2.45, 2.75) is 13.3 Å². The lowest BCUT2D eigenvalue weighted by Crippen LogP contribution is -1.90. The van der Waals surface area contributed by atoms with Crippen molar-refractivity contribution in [2.24, 2.45) is 0 Å². The maximum Gasteiger partial charge on any atom is 0.143 e. The Morgan fingerprint density at radius 1 is 1.28 bits per heavy atom. The first-order valence-corrected chi connectivity index (χ1v) is 5.80. The molecule has 0 atom stereocenters. The van der Waals surface area contributed by atoms with Crippen molar-refractivity contribution in [3.05, 3.63) is 53.6 Å². The van der Waals surface area contributed by atoms with Crippen LogP contribution in [0.1, 0.15) is 17.0 Å². The van der Waals surface area contributed by atoms with Crippen molar-refractivity contribution < 1.29 is 5.11 Å². The molecule has 3 rings (SSSR count). The van der Waals surface area contributed by atoms with Crippen LogP contribution in [0.4, 0.5) is 0 Å². The molecule has 3 aromatic rings. The summed E-state index contributed by atoms with van der Waals surface area (Å²) in [5.74, 6) is 1.05. The van der Waals surface area contributed by atoms with Gasteiger partial charge < -0.3 is 10.1 Å². The van der Waals surface area contributed by atoms with E-state index in [0.717, 1.165) is 22.5 Å². The van der Waals surface area contributed by atoms with Gasteiger partial charge >= 0.3 is 0 Å². The number of rotatable bonds is 2. The summed E-state index contributed by atoms with van der Waals surface area (Å²) in [7, 11) is 0. The second-order valence-electron chi connectivity index (χ2n) is 4.35. The second-order valence-corrected chi connectivity index (χ2v) is 4.35. The number of hydrogen-bond acceptors (Lipinski definition) is 3. The summed E-state index contributed by atoms with van der Waals surface area (Å²) in [5.41, 5.74) is 3.70. The minimum atomic E-state index is 0.212. The number of pyridine rings is 1. The third-order valence-electron chi connectivity index (χ3n) is 2.98. The van der Waals surface area contributed by atoms with E-state index < -0.39 is 0 Å². The zero-order valence-electron chi connectivity index (χ0n) is 10.0. The second kappa shape index (κ2) is 4.14. The van der Waals surface area contributed by atoms with Gasteiger partial charge in [0.25, 0.3) is 0 Å². The fourth-order valence-electron chi connectivity index (χ4n) is 2.04. The van der Waals surface area contributed by atoms with Gasteiger partial charge in [0.2, 0.25) is 0 Å². The maximum absolute atomic E-state index is 9.78. The molecular formula is C14H13N3O. The van der Waals surface area contributed by atoms with Gasteiger partial charge in [0, 0.05) is 18.8 Å². The van der Waals surface area contributed by atoms with Crippen LogP contribution in [0.3, 0.4) is 0 Å². The summed E-state index contributed by atoms with van der Waals surface area (Å²) in [6, 6.07) is 7.46. The van der Waals surface area contributed by atoms with Crippen molar-refractivity contribution >= 4 is 11.0 Å². The van der Waals surface area contributed by atoms with E-state index in [1.54, 1.807) is 12.3 Å². The number of aryl methyl sites for hydroxylation is 1. The van der Waals surface area contributed by atoms with Crippen LogP contribution in [0.15, 0.2) is 36.7 Å². The van der Waals surface area contributed by atoms with Crippen molar-refractivity contribution in [3.63, 3.8) is 0 Å². The number of phenolic OH excluding ortho intramolecular Hbond substituents is 1. The molecule has 0 spiro atoms. The number of H-pyrrole nitrogens is 1. The predicted molar refractivity (Wildman–Crippen MR) is 69.5 cm³/mol. The van der Waals surface area contributed by atoms with E-state index in [9.17, 15) is 5.11 Å². The lowest BCUT2D eigenvalue weighted by atomic mass is 10.2. The van der Waals surface area contributed by atoms with Crippen LogP contribution in [0.25, 0.3) is 11.0 Å². The van der Waals surface area contributed by atoms with Gasteiger partial charge in [-0.05, 0) is 30.2 Å². The lowest BCUT2D eigenvalue weighted by molar-refractivity contribution is 0.480. The fourth-order valence-corrected chi connectivity index (χ4v) is 2.04. The molecule has 0 saturated carbocycles. The average Bonchev–Trinajstić information content (AvgIpc) is 2.80. The molecule has 2 aromatic heterocycles. The van der Waals surface area contributed by atoms with Gasteiger partial charge in [0.05, 0.1) is 5.52 Å². The fraction of sp³-hybridized carbons (Fsp3) is 0.143. The molecule has 1 aromatic carbocycles. The number of phenols is 1. The summed E-state index contributed by atoms with van der Waals surface area (Å²) >= 11 is 0. The number of nitrogens with one attached hydrogen (secondary N) is 1. The summed E-state index contributed by atoms with van der Waals surface area (Å²) in [6.07, 6.45) is 4.25. The lowest BCUT2D eigenvalue weighted by Gasteiger charge is -1.96. The number of aromatic hydroxyl groups is 1. The van der Waals surface area contributed by atoms with E-state index in [4.69, 9.17) is 0 Å². The molecule has 18 heavy (non-hydrogen) atoms. The molecule has 90 valence electrons. The minimum Gasteiger partial charge on any atom is -0.506 e. The van der Waals surface area contributed by atoms with Crippen molar-refractivity contribution in [3.8, 4) is 5.75 Å². The molecule has 2 heterocycles. The maximum atomic E-state index is 9.78. The first-order valence-electron chi connectivity index (χ1n) is 5.80. The van der Waals surface area contributed by atoms with Gasteiger partial charge in [-0.25, -0.2) is 4.98 Å². The van der Waals surface area contributed by atoms with Gasteiger partial charge in [-0.1, -0.05) is 12.1 Å². The van der Waals surface area contributed by atoms with E-state index in [2.05, 4.69) is 15.0 Å². The highest BCUT2D eigenvalue weighted by Gasteiger charge is 2.09. The summed E-state index contributed by atoms with van der Waals surface area (Å²) in [6.45, 7) is 1.99. The standard InChI is InChI=1S/C14H13N3O/c1-9-4-5-11(18)14-13(9)16-12(17-14)7-10-3-2-6-15-8-10/h2-6,8,18H,7H2,1H3,(H,16,17). The largest absolute Gasteiger partial charge is 0.506 e. The molecule has 0 fully saturated rings. The molecule has 4 heteroatoms. The van der Waals surface area contributed by atoms with E-state index in [1.807, 2.05) is 31.3 Å². The Morgan fingerprint density at radius 2 is 2.17 bits per heavy atom. The van der Waals surface area contributed by atoms with E-state index >= 15 is 0 Å². The molecular weight excluding hydrogens is 226 g/mol. The van der Waals surface area contributed by atoms with Gasteiger partial charge in [-0.3, -0.25) is 4.98 Å². The van der Waals surface area contributed by atoms with Crippen molar-refractivity contribution in [1.29, 1.82) is 0 Å². The van der Waals surface area contributed by atoms with Crippen molar-refractivity contribution in [1.82, 2.24) is 15.0 Å². The summed E-state index contributed by atoms with van der Waals surface area (Å²) in [4.78, 5) is 11.8. The van der Waals surface area contributed by atoms with Crippen LogP contribution >= 0.6 is 0 Å². The Hall–Kier alpha value is -2.36. The molecule has 4 nitrogen and oxygen atoms in total. The minimum absolute atomic E-state index is 0.212. The van der Waals surface area contributed by atoms with Crippen LogP contribution in [0.2, 0.25) is 0 Å². The number of aromatic amines is 1. The van der Waals surface area contributed by atoms with Crippen LogP contribution in [0, 0.1) is 6.92 Å². The van der Waals surface area contributed by atoms with Crippen LogP contribution in [-0.4, -0.2) is 20.1 Å². The highest BCUT2D eigenvalue weighted by atomic mass is 16.3. The third-order valence-corrected chi connectivity index (χ3v) is 2.98. The van der Waals surface area contributed by atoms with E-state index in [0.29, 0.717) is 11.9 Å².